The van der Waals surface area contributed by atoms with Gasteiger partial charge in [-0.05, 0) is 53.7 Å². The van der Waals surface area contributed by atoms with Crippen molar-refractivity contribution >= 4 is 0 Å². The lowest BCUT2D eigenvalue weighted by atomic mass is 9.93. The number of hydrogen-bond acceptors (Lipinski definition) is 0. The van der Waals surface area contributed by atoms with Crippen LogP contribution in [-0.4, -0.2) is 0 Å². The van der Waals surface area contributed by atoms with Gasteiger partial charge >= 0.3 is 0 Å². The van der Waals surface area contributed by atoms with Gasteiger partial charge < -0.3 is 0 Å². The van der Waals surface area contributed by atoms with Crippen molar-refractivity contribution in [1.29, 1.82) is 0 Å². The predicted octanol–water partition coefficient (Wildman–Crippen LogP) is 4.52. The second-order valence-electron chi connectivity index (χ2n) is 5.76. The maximum Gasteiger partial charge on any atom is -0.0122 e. The van der Waals surface area contributed by atoms with Gasteiger partial charge in [0.15, 0.2) is 0 Å². The maximum atomic E-state index is 2.35. The van der Waals surface area contributed by atoms with Crippen molar-refractivity contribution in [3.63, 3.8) is 0 Å². The average molecular weight is 234 g/mol. The molecule has 1 fully saturated rings. The summed E-state index contributed by atoms with van der Waals surface area (Å²) in [5, 5.41) is 0. The fourth-order valence-electron chi connectivity index (χ4n) is 3.78. The second kappa shape index (κ2) is 3.98. The maximum absolute atomic E-state index is 2.35. The minimum atomic E-state index is 0.822. The van der Waals surface area contributed by atoms with E-state index in [4.69, 9.17) is 0 Å². The van der Waals surface area contributed by atoms with Gasteiger partial charge in [0.25, 0.3) is 0 Å². The van der Waals surface area contributed by atoms with E-state index in [0.717, 1.165) is 17.8 Å². The Bertz CT molecular complexity index is 555. The van der Waals surface area contributed by atoms with E-state index < -0.39 is 0 Å². The molecule has 1 unspecified atom stereocenters. The van der Waals surface area contributed by atoms with Crippen molar-refractivity contribution < 1.29 is 0 Å². The number of rotatable bonds is 2. The molecule has 2 aromatic rings. The van der Waals surface area contributed by atoms with E-state index in [0.29, 0.717) is 0 Å². The van der Waals surface area contributed by atoms with Crippen LogP contribution in [0.2, 0.25) is 0 Å². The molecule has 4 rings (SSSR count). The lowest BCUT2D eigenvalue weighted by Crippen LogP contribution is -1.97. The van der Waals surface area contributed by atoms with Crippen LogP contribution in [0.1, 0.15) is 41.4 Å². The fourth-order valence-corrected chi connectivity index (χ4v) is 3.78. The van der Waals surface area contributed by atoms with Crippen LogP contribution in [-0.2, 0) is 6.42 Å². The summed E-state index contributed by atoms with van der Waals surface area (Å²) in [6.45, 7) is 0. The van der Waals surface area contributed by atoms with Gasteiger partial charge in [-0.3, -0.25) is 0 Å². The Hall–Kier alpha value is -1.56. The first-order valence-corrected chi connectivity index (χ1v) is 7.06. The lowest BCUT2D eigenvalue weighted by Gasteiger charge is -2.11. The summed E-state index contributed by atoms with van der Waals surface area (Å²) in [4.78, 5) is 0. The molecule has 0 aromatic heterocycles. The summed E-state index contributed by atoms with van der Waals surface area (Å²) < 4.78 is 0. The smallest absolute Gasteiger partial charge is 0.0122 e. The molecule has 2 aliphatic carbocycles. The van der Waals surface area contributed by atoms with E-state index in [1.54, 1.807) is 16.7 Å². The summed E-state index contributed by atoms with van der Waals surface area (Å²) in [7, 11) is 0. The van der Waals surface area contributed by atoms with Crippen LogP contribution in [0.25, 0.3) is 0 Å². The topological polar surface area (TPSA) is 0 Å². The molecule has 0 radical (unpaired) electrons. The molecule has 1 saturated carbocycles. The molecule has 0 amide bonds. The zero-order chi connectivity index (χ0) is 11.9. The van der Waals surface area contributed by atoms with Gasteiger partial charge in [-0.1, -0.05) is 54.6 Å². The normalized spacial score (nSPS) is 29.0. The fraction of sp³-hybridized carbons (Fsp3) is 0.333. The zero-order valence-corrected chi connectivity index (χ0v) is 10.5. The van der Waals surface area contributed by atoms with Gasteiger partial charge in [0.1, 0.15) is 0 Å². The van der Waals surface area contributed by atoms with Gasteiger partial charge in [-0.25, -0.2) is 0 Å². The Balaban J connectivity index is 1.58. The summed E-state index contributed by atoms with van der Waals surface area (Å²) in [5.41, 5.74) is 4.79. The van der Waals surface area contributed by atoms with Crippen molar-refractivity contribution in [3.8, 4) is 0 Å². The Kier molecular flexibility index (Phi) is 2.29. The highest BCUT2D eigenvalue weighted by Gasteiger charge is 2.45. The third-order valence-electron chi connectivity index (χ3n) is 4.76. The molecule has 0 nitrogen and oxygen atoms in total. The van der Waals surface area contributed by atoms with Crippen molar-refractivity contribution in [2.24, 2.45) is 5.92 Å². The monoisotopic (exact) mass is 234 g/mol. The molecule has 90 valence electrons. The molecule has 0 bridgehead atoms. The molecule has 18 heavy (non-hydrogen) atoms. The minimum Gasteiger partial charge on any atom is -0.0622 e. The van der Waals surface area contributed by atoms with Gasteiger partial charge in [-0.2, -0.15) is 0 Å². The molecule has 0 heterocycles. The average Bonchev–Trinajstić information content (AvgIpc) is 3.12. The van der Waals surface area contributed by atoms with Gasteiger partial charge in [0, 0.05) is 0 Å². The molecular weight excluding hydrogens is 216 g/mol. The SMILES string of the molecule is c1ccc([C@@H]2C[C@H]2C2CCc3ccccc32)cc1. The van der Waals surface area contributed by atoms with Crippen LogP contribution in [0, 0.1) is 5.92 Å². The van der Waals surface area contributed by atoms with Crippen LogP contribution >= 0.6 is 0 Å². The van der Waals surface area contributed by atoms with E-state index in [9.17, 15) is 0 Å². The van der Waals surface area contributed by atoms with Crippen molar-refractivity contribution in [3.05, 3.63) is 71.3 Å². The molecule has 0 spiro atoms. The van der Waals surface area contributed by atoms with Crippen LogP contribution in [0.15, 0.2) is 54.6 Å². The van der Waals surface area contributed by atoms with Crippen LogP contribution in [0.5, 0.6) is 0 Å². The molecule has 0 aliphatic heterocycles. The number of hydrogen-bond donors (Lipinski definition) is 0. The lowest BCUT2D eigenvalue weighted by molar-refractivity contribution is 0.586. The molecular formula is C18H18. The molecule has 2 aliphatic rings. The van der Waals surface area contributed by atoms with Gasteiger partial charge in [-0.15, -0.1) is 0 Å². The van der Waals surface area contributed by atoms with Gasteiger partial charge in [0.2, 0.25) is 0 Å². The first-order chi connectivity index (χ1) is 8.93. The Morgan fingerprint density at radius 2 is 1.56 bits per heavy atom. The largest absolute Gasteiger partial charge is 0.0622 e. The molecule has 0 N–H and O–H groups in total. The van der Waals surface area contributed by atoms with E-state index >= 15 is 0 Å². The first-order valence-electron chi connectivity index (χ1n) is 7.06. The quantitative estimate of drug-likeness (QED) is 0.716. The highest BCUT2D eigenvalue weighted by Crippen LogP contribution is 2.58. The highest BCUT2D eigenvalue weighted by atomic mass is 14.5. The molecule has 0 heteroatoms. The van der Waals surface area contributed by atoms with Crippen molar-refractivity contribution in [2.45, 2.75) is 31.1 Å². The second-order valence-corrected chi connectivity index (χ2v) is 5.76. The van der Waals surface area contributed by atoms with Crippen molar-refractivity contribution in [1.82, 2.24) is 0 Å². The zero-order valence-electron chi connectivity index (χ0n) is 10.5. The standard InChI is InChI=1S/C18H18/c1-2-6-13(7-3-1)17-12-18(17)16-11-10-14-8-4-5-9-15(14)16/h1-9,16-18H,10-12H2/t16?,17-,18-/m0/s1. The third-order valence-corrected chi connectivity index (χ3v) is 4.76. The summed E-state index contributed by atoms with van der Waals surface area (Å²) >= 11 is 0. The molecule has 3 atom stereocenters. The summed E-state index contributed by atoms with van der Waals surface area (Å²) in [5.74, 6) is 2.55. The summed E-state index contributed by atoms with van der Waals surface area (Å²) in [6, 6.07) is 20.1. The molecule has 2 aromatic carbocycles. The number of fused-ring (bicyclic) bond motifs is 1. The van der Waals surface area contributed by atoms with E-state index in [2.05, 4.69) is 54.6 Å². The highest BCUT2D eigenvalue weighted by molar-refractivity contribution is 5.38. The van der Waals surface area contributed by atoms with E-state index in [-0.39, 0.29) is 0 Å². The van der Waals surface area contributed by atoms with Gasteiger partial charge in [0.05, 0.1) is 0 Å². The Labute approximate surface area is 109 Å². The van der Waals surface area contributed by atoms with Crippen LogP contribution < -0.4 is 0 Å². The minimum absolute atomic E-state index is 0.822. The predicted molar refractivity (Wildman–Crippen MR) is 74.8 cm³/mol. The third kappa shape index (κ3) is 1.59. The summed E-state index contributed by atoms with van der Waals surface area (Å²) in [6.07, 6.45) is 4.05. The van der Waals surface area contributed by atoms with E-state index in [1.165, 1.54) is 19.3 Å². The molecule has 0 saturated heterocycles. The van der Waals surface area contributed by atoms with Crippen LogP contribution in [0.4, 0.5) is 0 Å². The number of aryl methyl sites for hydroxylation is 1. The van der Waals surface area contributed by atoms with Crippen LogP contribution in [0.3, 0.4) is 0 Å². The first kappa shape index (κ1) is 10.4. The van der Waals surface area contributed by atoms with Crippen molar-refractivity contribution in [2.75, 3.05) is 0 Å². The Morgan fingerprint density at radius 1 is 0.778 bits per heavy atom. The number of benzene rings is 2. The van der Waals surface area contributed by atoms with E-state index in [1.807, 2.05) is 0 Å². The Morgan fingerprint density at radius 3 is 2.44 bits per heavy atom.